The zero-order chi connectivity index (χ0) is 25.2. The molecule has 3 N–H and O–H groups in total. The molecule has 182 valence electrons. The van der Waals surface area contributed by atoms with E-state index in [1.165, 1.54) is 38.4 Å². The Bertz CT molecular complexity index is 1280. The molecule has 1 aromatic heterocycles. The van der Waals surface area contributed by atoms with Crippen LogP contribution >= 0.6 is 0 Å². The first-order valence-corrected chi connectivity index (χ1v) is 10.5. The Hall–Kier alpha value is -4.35. The van der Waals surface area contributed by atoms with E-state index in [2.05, 4.69) is 25.9 Å². The Balaban J connectivity index is 1.68. The number of Topliss-reactive ketones (excluding diaryl/α,β-unsaturated/α-hetero) is 1. The average Bonchev–Trinajstić information content (AvgIpc) is 2.83. The first-order valence-electron chi connectivity index (χ1n) is 10.5. The summed E-state index contributed by atoms with van der Waals surface area (Å²) in [4.78, 5) is 33.6. The normalized spacial score (nSPS) is 12.6. The Labute approximate surface area is 198 Å². The van der Waals surface area contributed by atoms with Crippen LogP contribution in [0.1, 0.15) is 15.9 Å². The van der Waals surface area contributed by atoms with E-state index in [9.17, 15) is 22.8 Å². The van der Waals surface area contributed by atoms with Gasteiger partial charge in [0.15, 0.2) is 0 Å². The maximum Gasteiger partial charge on any atom is 0.421 e. The number of nitrogens with zero attached hydrogens (tertiary/aromatic N) is 3. The third-order valence-electron chi connectivity index (χ3n) is 5.03. The van der Waals surface area contributed by atoms with Gasteiger partial charge < -0.3 is 25.6 Å². The van der Waals surface area contributed by atoms with Crippen LogP contribution in [0.3, 0.4) is 0 Å². The summed E-state index contributed by atoms with van der Waals surface area (Å²) in [6, 6.07) is 10.9. The third-order valence-corrected chi connectivity index (χ3v) is 5.03. The summed E-state index contributed by atoms with van der Waals surface area (Å²) in [5.74, 6) is -1.79. The van der Waals surface area contributed by atoms with Crippen molar-refractivity contribution in [2.24, 2.45) is 0 Å². The second kappa shape index (κ2) is 9.49. The number of para-hydroxylation sites is 1. The maximum absolute atomic E-state index is 13.7. The highest BCUT2D eigenvalue weighted by molar-refractivity contribution is 6.43. The number of amides is 1. The molecular weight excluding hydrogens is 465 g/mol. The summed E-state index contributed by atoms with van der Waals surface area (Å²) in [5.41, 5.74) is 0.0708. The van der Waals surface area contributed by atoms with Crippen molar-refractivity contribution in [3.05, 3.63) is 59.8 Å². The molecule has 0 atom stereocenters. The lowest BCUT2D eigenvalue weighted by atomic mass is 10.1. The monoisotopic (exact) mass is 486 g/mol. The van der Waals surface area contributed by atoms with Gasteiger partial charge in [0.05, 0.1) is 16.9 Å². The summed E-state index contributed by atoms with van der Waals surface area (Å²) in [5, 5.41) is 8.60. The van der Waals surface area contributed by atoms with Gasteiger partial charge in [-0.05, 0) is 24.3 Å². The number of carbonyl (C=O) groups excluding carboxylic acids is 2. The number of rotatable bonds is 6. The van der Waals surface area contributed by atoms with Gasteiger partial charge in [0.2, 0.25) is 5.95 Å². The van der Waals surface area contributed by atoms with E-state index < -0.39 is 29.2 Å². The number of aromatic nitrogens is 2. The number of alkyl halides is 3. The number of hydrogen-bond donors (Lipinski definition) is 3. The molecule has 0 bridgehead atoms. The van der Waals surface area contributed by atoms with E-state index in [-0.39, 0.29) is 17.2 Å². The lowest BCUT2D eigenvalue weighted by molar-refractivity contribution is -0.137. The average molecular weight is 486 g/mol. The van der Waals surface area contributed by atoms with Crippen LogP contribution in [0.15, 0.2) is 48.7 Å². The lowest BCUT2D eigenvalue weighted by Gasteiger charge is -2.20. The number of likely N-dealkylation sites (N-methyl/N-ethyl adjacent to an activating group) is 1. The molecule has 9 nitrogen and oxygen atoms in total. The highest BCUT2D eigenvalue weighted by Gasteiger charge is 2.36. The quantitative estimate of drug-likeness (QED) is 0.354. The van der Waals surface area contributed by atoms with Crippen LogP contribution in [0.4, 0.5) is 42.0 Å². The van der Waals surface area contributed by atoms with Gasteiger partial charge in [-0.1, -0.05) is 12.1 Å². The SMILES string of the molecule is CN(C)C(=O)C(=O)c1ccccc1Nc1nc(Nc2ccc3c(c2)OCCN3)ncc1C(F)(F)F. The van der Waals surface area contributed by atoms with Crippen LogP contribution in [0.25, 0.3) is 0 Å². The molecule has 4 rings (SSSR count). The first kappa shape index (κ1) is 23.8. The van der Waals surface area contributed by atoms with Crippen LogP contribution in [-0.4, -0.2) is 53.8 Å². The molecule has 1 amide bonds. The second-order valence-electron chi connectivity index (χ2n) is 7.76. The van der Waals surface area contributed by atoms with E-state index >= 15 is 0 Å². The summed E-state index contributed by atoms with van der Waals surface area (Å²) < 4.78 is 46.7. The molecule has 1 aliphatic heterocycles. The summed E-state index contributed by atoms with van der Waals surface area (Å²) in [6.07, 6.45) is -4.13. The number of ketones is 1. The largest absolute Gasteiger partial charge is 0.490 e. The van der Waals surface area contributed by atoms with Crippen molar-refractivity contribution in [3.63, 3.8) is 0 Å². The van der Waals surface area contributed by atoms with E-state index in [4.69, 9.17) is 4.74 Å². The van der Waals surface area contributed by atoms with Crippen molar-refractivity contribution in [2.45, 2.75) is 6.18 Å². The molecule has 0 spiro atoms. The first-order chi connectivity index (χ1) is 16.6. The minimum Gasteiger partial charge on any atom is -0.490 e. The third kappa shape index (κ3) is 5.26. The molecule has 2 heterocycles. The van der Waals surface area contributed by atoms with Gasteiger partial charge in [-0.15, -0.1) is 0 Å². The molecule has 2 aromatic carbocycles. The highest BCUT2D eigenvalue weighted by atomic mass is 19.4. The van der Waals surface area contributed by atoms with Gasteiger partial charge in [-0.2, -0.15) is 18.2 Å². The van der Waals surface area contributed by atoms with Gasteiger partial charge in [0, 0.05) is 38.6 Å². The minimum atomic E-state index is -4.77. The number of nitrogens with one attached hydrogen (secondary N) is 3. The van der Waals surface area contributed by atoms with Gasteiger partial charge in [-0.25, -0.2) is 4.98 Å². The number of halogens is 3. The number of fused-ring (bicyclic) bond motifs is 1. The zero-order valence-electron chi connectivity index (χ0n) is 18.7. The fraction of sp³-hybridized carbons (Fsp3) is 0.217. The Morgan fingerprint density at radius 3 is 2.63 bits per heavy atom. The number of ether oxygens (including phenoxy) is 1. The lowest BCUT2D eigenvalue weighted by Crippen LogP contribution is -2.30. The standard InChI is InChI=1S/C23H21F3N6O3/c1-32(2)21(34)19(33)14-5-3-4-6-16(14)30-20-15(23(24,25)26)12-28-22(31-20)29-13-7-8-17-18(11-13)35-10-9-27-17/h3-8,11-12,27H,9-10H2,1-2H3,(H2,28,29,30,31). The molecule has 0 fully saturated rings. The number of carbonyl (C=O) groups is 2. The summed E-state index contributed by atoms with van der Waals surface area (Å²) >= 11 is 0. The Kier molecular flexibility index (Phi) is 6.45. The second-order valence-corrected chi connectivity index (χ2v) is 7.76. The number of hydrogen-bond acceptors (Lipinski definition) is 8. The van der Waals surface area contributed by atoms with Gasteiger partial charge in [-0.3, -0.25) is 9.59 Å². The van der Waals surface area contributed by atoms with Crippen molar-refractivity contribution < 1.29 is 27.5 Å². The van der Waals surface area contributed by atoms with Crippen LogP contribution in [0.2, 0.25) is 0 Å². The van der Waals surface area contributed by atoms with Gasteiger partial charge in [0.1, 0.15) is 23.7 Å². The minimum absolute atomic E-state index is 0.00361. The van der Waals surface area contributed by atoms with Gasteiger partial charge >= 0.3 is 6.18 Å². The topological polar surface area (TPSA) is 108 Å². The molecule has 0 unspecified atom stereocenters. The van der Waals surface area contributed by atoms with Crippen LogP contribution in [-0.2, 0) is 11.0 Å². The Morgan fingerprint density at radius 1 is 1.11 bits per heavy atom. The summed E-state index contributed by atoms with van der Waals surface area (Å²) in [6.45, 7) is 1.15. The smallest absolute Gasteiger partial charge is 0.421 e. The molecule has 3 aromatic rings. The van der Waals surface area contributed by atoms with Crippen LogP contribution < -0.4 is 20.7 Å². The molecule has 35 heavy (non-hydrogen) atoms. The summed E-state index contributed by atoms with van der Waals surface area (Å²) in [7, 11) is 2.81. The van der Waals surface area contributed by atoms with Crippen molar-refractivity contribution in [2.75, 3.05) is 43.2 Å². The molecule has 0 saturated heterocycles. The van der Waals surface area contributed by atoms with E-state index in [0.717, 1.165) is 10.6 Å². The van der Waals surface area contributed by atoms with E-state index in [1.807, 2.05) is 0 Å². The number of benzene rings is 2. The molecule has 0 radical (unpaired) electrons. The predicted molar refractivity (Wildman–Crippen MR) is 123 cm³/mol. The van der Waals surface area contributed by atoms with E-state index in [0.29, 0.717) is 30.8 Å². The molecule has 12 heteroatoms. The van der Waals surface area contributed by atoms with Gasteiger partial charge in [0.25, 0.3) is 11.7 Å². The van der Waals surface area contributed by atoms with Crippen molar-refractivity contribution >= 4 is 40.5 Å². The van der Waals surface area contributed by atoms with Crippen molar-refractivity contribution in [1.82, 2.24) is 14.9 Å². The van der Waals surface area contributed by atoms with Crippen molar-refractivity contribution in [1.29, 1.82) is 0 Å². The molecule has 1 aliphatic rings. The Morgan fingerprint density at radius 2 is 1.89 bits per heavy atom. The fourth-order valence-electron chi connectivity index (χ4n) is 3.32. The van der Waals surface area contributed by atoms with Crippen LogP contribution in [0.5, 0.6) is 5.75 Å². The van der Waals surface area contributed by atoms with Crippen molar-refractivity contribution in [3.8, 4) is 5.75 Å². The van der Waals surface area contributed by atoms with E-state index in [1.54, 1.807) is 18.2 Å². The fourth-order valence-corrected chi connectivity index (χ4v) is 3.32. The maximum atomic E-state index is 13.7. The highest BCUT2D eigenvalue weighted by Crippen LogP contribution is 2.36. The zero-order valence-corrected chi connectivity index (χ0v) is 18.7. The predicted octanol–water partition coefficient (Wildman–Crippen LogP) is 4.06. The molecular formula is C23H21F3N6O3. The van der Waals surface area contributed by atoms with Crippen LogP contribution in [0, 0.1) is 0 Å². The number of anilines is 5. The molecule has 0 aliphatic carbocycles. The molecule has 0 saturated carbocycles.